The van der Waals surface area contributed by atoms with Crippen LogP contribution in [0, 0.1) is 24.0 Å². The molecule has 1 aromatic carbocycles. The van der Waals surface area contributed by atoms with E-state index in [1.807, 2.05) is 0 Å². The number of nitro groups is 1. The molecule has 0 saturated heterocycles. The fourth-order valence-corrected chi connectivity index (χ4v) is 2.26. The molecule has 104 valence electrons. The van der Waals surface area contributed by atoms with Crippen molar-refractivity contribution >= 4 is 27.4 Å². The minimum absolute atomic E-state index is 0.135. The molecule has 8 heteroatoms. The van der Waals surface area contributed by atoms with E-state index in [1.54, 1.807) is 19.9 Å². The van der Waals surface area contributed by atoms with Crippen molar-refractivity contribution < 1.29 is 9.66 Å². The maximum atomic E-state index is 11.1. The Bertz CT molecular complexity index is 670. The molecule has 0 unspecified atom stereocenters. The number of halogens is 1. The average Bonchev–Trinajstić information content (AvgIpc) is 2.30. The van der Waals surface area contributed by atoms with Crippen LogP contribution in [0.4, 0.5) is 11.5 Å². The van der Waals surface area contributed by atoms with E-state index in [-0.39, 0.29) is 23.1 Å². The van der Waals surface area contributed by atoms with Crippen LogP contribution in [0.5, 0.6) is 11.6 Å². The third kappa shape index (κ3) is 3.02. The quantitative estimate of drug-likeness (QED) is 0.680. The van der Waals surface area contributed by atoms with Crippen LogP contribution >= 0.6 is 15.9 Å². The maximum absolute atomic E-state index is 11.1. The fraction of sp³-hybridized carbons (Fsp3) is 0.167. The number of anilines is 1. The van der Waals surface area contributed by atoms with Crippen LogP contribution in [0.25, 0.3) is 0 Å². The molecule has 0 aliphatic heterocycles. The van der Waals surface area contributed by atoms with Crippen molar-refractivity contribution in [3.8, 4) is 11.6 Å². The van der Waals surface area contributed by atoms with Gasteiger partial charge < -0.3 is 10.5 Å². The first kappa shape index (κ1) is 14.2. The van der Waals surface area contributed by atoms with Crippen LogP contribution in [0.1, 0.15) is 11.4 Å². The molecule has 0 fully saturated rings. The van der Waals surface area contributed by atoms with Gasteiger partial charge in [-0.3, -0.25) is 10.1 Å². The Kier molecular flexibility index (Phi) is 3.84. The average molecular weight is 339 g/mol. The Morgan fingerprint density at radius 1 is 1.30 bits per heavy atom. The monoisotopic (exact) mass is 338 g/mol. The van der Waals surface area contributed by atoms with Crippen molar-refractivity contribution in [3.05, 3.63) is 44.2 Å². The Morgan fingerprint density at radius 3 is 2.60 bits per heavy atom. The molecule has 0 amide bonds. The Morgan fingerprint density at radius 2 is 2.00 bits per heavy atom. The van der Waals surface area contributed by atoms with E-state index >= 15 is 0 Å². The zero-order chi connectivity index (χ0) is 14.9. The van der Waals surface area contributed by atoms with Crippen molar-refractivity contribution in [2.24, 2.45) is 0 Å². The number of aromatic nitrogens is 2. The maximum Gasteiger partial charge on any atom is 0.313 e. The van der Waals surface area contributed by atoms with E-state index < -0.39 is 4.92 Å². The third-order valence-electron chi connectivity index (χ3n) is 2.46. The molecule has 1 heterocycles. The smallest absolute Gasteiger partial charge is 0.313 e. The summed E-state index contributed by atoms with van der Waals surface area (Å²) in [5, 5.41) is 11.1. The molecule has 0 bridgehead atoms. The van der Waals surface area contributed by atoms with Crippen molar-refractivity contribution in [1.82, 2.24) is 9.97 Å². The first-order valence-electron chi connectivity index (χ1n) is 5.60. The lowest BCUT2D eigenvalue weighted by atomic mass is 10.2. The number of benzene rings is 1. The highest BCUT2D eigenvalue weighted by Gasteiger charge is 2.20. The van der Waals surface area contributed by atoms with E-state index in [9.17, 15) is 10.1 Å². The molecule has 0 saturated carbocycles. The Hall–Kier alpha value is -2.22. The summed E-state index contributed by atoms with van der Waals surface area (Å²) < 4.78 is 6.13. The summed E-state index contributed by atoms with van der Waals surface area (Å²) in [6.45, 7) is 3.37. The van der Waals surface area contributed by atoms with Gasteiger partial charge in [-0.05, 0) is 19.9 Å². The summed E-state index contributed by atoms with van der Waals surface area (Å²) in [5.74, 6) is 0.974. The van der Waals surface area contributed by atoms with E-state index in [1.165, 1.54) is 12.1 Å². The van der Waals surface area contributed by atoms with Gasteiger partial charge in [-0.25, -0.2) is 4.98 Å². The molecule has 2 aromatic rings. The zero-order valence-corrected chi connectivity index (χ0v) is 12.3. The molecule has 0 aliphatic rings. The van der Waals surface area contributed by atoms with Crippen molar-refractivity contribution in [2.75, 3.05) is 5.73 Å². The van der Waals surface area contributed by atoms with Gasteiger partial charge in [0.15, 0.2) is 0 Å². The second-order valence-electron chi connectivity index (χ2n) is 4.11. The van der Waals surface area contributed by atoms with Crippen LogP contribution in [0.2, 0.25) is 0 Å². The van der Waals surface area contributed by atoms with Gasteiger partial charge in [-0.15, -0.1) is 0 Å². The van der Waals surface area contributed by atoms with Gasteiger partial charge in [0, 0.05) is 22.2 Å². The largest absolute Gasteiger partial charge is 0.431 e. The first-order valence-corrected chi connectivity index (χ1v) is 6.39. The van der Waals surface area contributed by atoms with Gasteiger partial charge in [0.25, 0.3) is 0 Å². The van der Waals surface area contributed by atoms with Gasteiger partial charge in [0.05, 0.1) is 4.92 Å². The van der Waals surface area contributed by atoms with Gasteiger partial charge in [-0.2, -0.15) is 4.98 Å². The minimum atomic E-state index is -0.509. The van der Waals surface area contributed by atoms with E-state index in [0.717, 1.165) is 0 Å². The van der Waals surface area contributed by atoms with E-state index in [4.69, 9.17) is 10.5 Å². The number of hydrogen-bond acceptors (Lipinski definition) is 6. The summed E-state index contributed by atoms with van der Waals surface area (Å²) >= 11 is 3.22. The summed E-state index contributed by atoms with van der Waals surface area (Å²) in [6, 6.07) is 4.51. The number of nitrogens with two attached hydrogens (primary N) is 1. The molecule has 0 aliphatic carbocycles. The van der Waals surface area contributed by atoms with Crippen molar-refractivity contribution in [3.63, 3.8) is 0 Å². The van der Waals surface area contributed by atoms with Crippen LogP contribution < -0.4 is 10.5 Å². The summed E-state index contributed by atoms with van der Waals surface area (Å²) in [4.78, 5) is 18.5. The van der Waals surface area contributed by atoms with E-state index in [2.05, 4.69) is 25.9 Å². The second-order valence-corrected chi connectivity index (χ2v) is 5.02. The zero-order valence-electron chi connectivity index (χ0n) is 10.8. The van der Waals surface area contributed by atoms with Crippen LogP contribution in [-0.2, 0) is 0 Å². The highest BCUT2D eigenvalue weighted by Crippen LogP contribution is 2.36. The predicted octanol–water partition coefficient (Wildman–Crippen LogP) is 3.14. The number of nitro benzene ring substituents is 1. The van der Waals surface area contributed by atoms with Gasteiger partial charge in [0.2, 0.25) is 11.6 Å². The molecule has 7 nitrogen and oxygen atoms in total. The number of nitrogens with zero attached hydrogens (tertiary/aromatic N) is 3. The van der Waals surface area contributed by atoms with Crippen molar-refractivity contribution in [2.45, 2.75) is 13.8 Å². The Labute approximate surface area is 123 Å². The fourth-order valence-electron chi connectivity index (χ4n) is 1.70. The van der Waals surface area contributed by atoms with Crippen molar-refractivity contribution in [1.29, 1.82) is 0 Å². The van der Waals surface area contributed by atoms with E-state index in [0.29, 0.717) is 15.9 Å². The summed E-state index contributed by atoms with van der Waals surface area (Å²) in [5.41, 5.74) is 6.07. The molecular formula is C12H11BrN4O3. The SMILES string of the molecule is Cc1nc(N)cc(Oc2c(C)cc(Br)cc2[N+](=O)[O-])n1. The van der Waals surface area contributed by atoms with Crippen LogP contribution in [0.15, 0.2) is 22.7 Å². The number of nitrogen functional groups attached to an aromatic ring is 1. The number of hydrogen-bond donors (Lipinski definition) is 1. The molecule has 0 radical (unpaired) electrons. The summed E-state index contributed by atoms with van der Waals surface area (Å²) in [7, 11) is 0. The molecule has 0 spiro atoms. The second kappa shape index (κ2) is 5.41. The normalized spacial score (nSPS) is 10.3. The lowest BCUT2D eigenvalue weighted by Crippen LogP contribution is -2.00. The Balaban J connectivity index is 2.50. The molecule has 2 rings (SSSR count). The van der Waals surface area contributed by atoms with Gasteiger partial charge >= 0.3 is 5.69 Å². The lowest BCUT2D eigenvalue weighted by Gasteiger charge is -2.09. The topological polar surface area (TPSA) is 104 Å². The summed E-state index contributed by atoms with van der Waals surface area (Å²) in [6.07, 6.45) is 0. The van der Waals surface area contributed by atoms with Crippen LogP contribution in [-0.4, -0.2) is 14.9 Å². The molecule has 20 heavy (non-hydrogen) atoms. The van der Waals surface area contributed by atoms with Gasteiger partial charge in [0.1, 0.15) is 11.6 Å². The molecule has 0 atom stereocenters. The van der Waals surface area contributed by atoms with Gasteiger partial charge in [-0.1, -0.05) is 15.9 Å². The number of rotatable bonds is 3. The number of aryl methyl sites for hydroxylation is 2. The highest BCUT2D eigenvalue weighted by atomic mass is 79.9. The molecule has 2 N–H and O–H groups in total. The first-order chi connectivity index (χ1) is 9.36. The standard InChI is InChI=1S/C12H11BrN4O3/c1-6-3-8(13)4-9(17(18)19)12(6)20-11-5-10(14)15-7(2)16-11/h3-5H,1-2H3,(H2,14,15,16). The predicted molar refractivity (Wildman–Crippen MR) is 76.8 cm³/mol. The molecular weight excluding hydrogens is 328 g/mol. The minimum Gasteiger partial charge on any atom is -0.431 e. The number of ether oxygens (including phenoxy) is 1. The highest BCUT2D eigenvalue weighted by molar-refractivity contribution is 9.10. The lowest BCUT2D eigenvalue weighted by molar-refractivity contribution is -0.385. The van der Waals surface area contributed by atoms with Crippen LogP contribution in [0.3, 0.4) is 0 Å². The molecule has 1 aromatic heterocycles. The third-order valence-corrected chi connectivity index (χ3v) is 2.92.